The largest absolute Gasteiger partial charge is 0.492 e. The van der Waals surface area contributed by atoms with E-state index in [1.165, 1.54) is 3.57 Å². The highest BCUT2D eigenvalue weighted by molar-refractivity contribution is 14.1. The molecule has 0 unspecified atom stereocenters. The molecule has 1 rings (SSSR count). The van der Waals surface area contributed by atoms with Gasteiger partial charge in [0.25, 0.3) is 0 Å². The van der Waals surface area contributed by atoms with E-state index in [0.29, 0.717) is 6.61 Å². The minimum atomic E-state index is 0.00791. The monoisotopic (exact) mass is 388 g/mol. The van der Waals surface area contributed by atoms with Crippen LogP contribution in [0.2, 0.25) is 0 Å². The zero-order valence-electron chi connectivity index (χ0n) is 12.2. The van der Waals surface area contributed by atoms with Crippen LogP contribution in [0.3, 0.4) is 0 Å². The van der Waals surface area contributed by atoms with Crippen molar-refractivity contribution in [3.8, 4) is 5.75 Å². The van der Waals surface area contributed by atoms with Crippen LogP contribution in [0.25, 0.3) is 0 Å². The zero-order valence-corrected chi connectivity index (χ0v) is 14.3. The predicted octanol–water partition coefficient (Wildman–Crippen LogP) is 2.25. The Morgan fingerprint density at radius 1 is 1.25 bits per heavy atom. The number of amides is 1. The van der Waals surface area contributed by atoms with Gasteiger partial charge in [0, 0.05) is 36.8 Å². The Hall–Kier alpha value is -1.08. The van der Waals surface area contributed by atoms with Crippen molar-refractivity contribution in [1.29, 1.82) is 0 Å². The Labute approximate surface area is 134 Å². The molecule has 0 N–H and O–H groups in total. The molecule has 0 bridgehead atoms. The van der Waals surface area contributed by atoms with Crippen LogP contribution in [-0.4, -0.2) is 56.5 Å². The quantitative estimate of drug-likeness (QED) is 0.531. The van der Waals surface area contributed by atoms with Crippen molar-refractivity contribution in [3.63, 3.8) is 0 Å². The first-order chi connectivity index (χ1) is 9.49. The fourth-order valence-corrected chi connectivity index (χ4v) is 1.78. The Bertz CT molecular complexity index is 444. The van der Waals surface area contributed by atoms with Crippen molar-refractivity contribution in [2.24, 2.45) is 0 Å². The van der Waals surface area contributed by atoms with E-state index in [-0.39, 0.29) is 5.91 Å². The van der Waals surface area contributed by atoms with Gasteiger partial charge in [0.1, 0.15) is 12.4 Å². The molecular weight excluding hydrogens is 367 g/mol. The molecule has 0 aliphatic heterocycles. The van der Waals surface area contributed by atoms with Gasteiger partial charge in [-0.05, 0) is 53.9 Å². The van der Waals surface area contributed by atoms with Crippen LogP contribution in [-0.2, 0) is 4.79 Å². The SMILES string of the molecule is CN(C/C=C\C(=O)N(C)C)CCOc1ccc(I)cc1. The Morgan fingerprint density at radius 3 is 2.50 bits per heavy atom. The molecule has 1 aromatic carbocycles. The average Bonchev–Trinajstić information content (AvgIpc) is 2.40. The molecule has 0 aromatic heterocycles. The molecular formula is C15H21IN2O2. The third-order valence-electron chi connectivity index (χ3n) is 2.67. The van der Waals surface area contributed by atoms with Crippen LogP contribution in [0, 0.1) is 3.57 Å². The summed E-state index contributed by atoms with van der Waals surface area (Å²) in [7, 11) is 5.48. The second kappa shape index (κ2) is 8.97. The van der Waals surface area contributed by atoms with Gasteiger partial charge in [0.05, 0.1) is 0 Å². The van der Waals surface area contributed by atoms with E-state index in [4.69, 9.17) is 4.74 Å². The molecule has 1 aromatic rings. The maximum atomic E-state index is 11.3. The van der Waals surface area contributed by atoms with Crippen LogP contribution < -0.4 is 4.74 Å². The van der Waals surface area contributed by atoms with E-state index >= 15 is 0 Å². The molecule has 0 atom stereocenters. The van der Waals surface area contributed by atoms with Gasteiger partial charge in [-0.2, -0.15) is 0 Å². The van der Waals surface area contributed by atoms with Gasteiger partial charge in [-0.1, -0.05) is 6.08 Å². The summed E-state index contributed by atoms with van der Waals surface area (Å²) in [6.45, 7) is 2.18. The molecule has 0 fully saturated rings. The Morgan fingerprint density at radius 2 is 1.90 bits per heavy atom. The molecule has 20 heavy (non-hydrogen) atoms. The molecule has 0 aliphatic carbocycles. The maximum Gasteiger partial charge on any atom is 0.245 e. The van der Waals surface area contributed by atoms with E-state index in [9.17, 15) is 4.79 Å². The number of ether oxygens (including phenoxy) is 1. The highest BCUT2D eigenvalue weighted by Crippen LogP contribution is 2.13. The molecule has 5 heteroatoms. The lowest BCUT2D eigenvalue weighted by molar-refractivity contribution is -0.123. The average molecular weight is 388 g/mol. The van der Waals surface area contributed by atoms with E-state index < -0.39 is 0 Å². The fourth-order valence-electron chi connectivity index (χ4n) is 1.42. The van der Waals surface area contributed by atoms with Gasteiger partial charge in [-0.3, -0.25) is 9.69 Å². The number of hydrogen-bond donors (Lipinski definition) is 0. The third kappa shape index (κ3) is 6.91. The molecule has 0 radical (unpaired) electrons. The summed E-state index contributed by atoms with van der Waals surface area (Å²) in [4.78, 5) is 15.0. The number of likely N-dealkylation sites (N-methyl/N-ethyl adjacent to an activating group) is 2. The third-order valence-corrected chi connectivity index (χ3v) is 3.39. The zero-order chi connectivity index (χ0) is 15.0. The summed E-state index contributed by atoms with van der Waals surface area (Å²) in [5.74, 6) is 0.894. The Balaban J connectivity index is 2.21. The standard InChI is InChI=1S/C15H21IN2O2/c1-17(2)15(19)5-4-10-18(3)11-12-20-14-8-6-13(16)7-9-14/h4-9H,10-12H2,1-3H3/b5-4-. The Kier molecular flexibility index (Phi) is 7.61. The van der Waals surface area contributed by atoms with Crippen molar-refractivity contribution in [2.75, 3.05) is 40.8 Å². The minimum absolute atomic E-state index is 0.00791. The van der Waals surface area contributed by atoms with Crippen molar-refractivity contribution in [1.82, 2.24) is 9.80 Å². The van der Waals surface area contributed by atoms with Gasteiger partial charge in [0.15, 0.2) is 0 Å². The van der Waals surface area contributed by atoms with E-state index in [0.717, 1.165) is 18.8 Å². The molecule has 4 nitrogen and oxygen atoms in total. The highest BCUT2D eigenvalue weighted by Gasteiger charge is 1.99. The van der Waals surface area contributed by atoms with Crippen molar-refractivity contribution < 1.29 is 9.53 Å². The lowest BCUT2D eigenvalue weighted by Crippen LogP contribution is -2.25. The van der Waals surface area contributed by atoms with E-state index in [1.807, 2.05) is 37.4 Å². The second-order valence-electron chi connectivity index (χ2n) is 4.70. The van der Waals surface area contributed by atoms with E-state index in [2.05, 4.69) is 27.5 Å². The van der Waals surface area contributed by atoms with Crippen LogP contribution in [0.4, 0.5) is 0 Å². The number of benzene rings is 1. The van der Waals surface area contributed by atoms with Crippen molar-refractivity contribution in [2.45, 2.75) is 0 Å². The number of halogens is 1. The normalized spacial score (nSPS) is 11.1. The smallest absolute Gasteiger partial charge is 0.245 e. The van der Waals surface area contributed by atoms with Gasteiger partial charge in [-0.25, -0.2) is 0 Å². The summed E-state index contributed by atoms with van der Waals surface area (Å²) in [6.07, 6.45) is 3.46. The predicted molar refractivity (Wildman–Crippen MR) is 90.0 cm³/mol. The summed E-state index contributed by atoms with van der Waals surface area (Å²) in [6, 6.07) is 7.99. The van der Waals surface area contributed by atoms with E-state index in [1.54, 1.807) is 25.1 Å². The van der Waals surface area contributed by atoms with Crippen molar-refractivity contribution in [3.05, 3.63) is 40.0 Å². The molecule has 0 saturated heterocycles. The molecule has 0 aliphatic rings. The molecule has 0 saturated carbocycles. The number of rotatable bonds is 7. The first-order valence-corrected chi connectivity index (χ1v) is 7.51. The summed E-state index contributed by atoms with van der Waals surface area (Å²) < 4.78 is 6.85. The number of carbonyl (C=O) groups excluding carboxylic acids is 1. The van der Waals surface area contributed by atoms with Crippen LogP contribution in [0.5, 0.6) is 5.75 Å². The van der Waals surface area contributed by atoms with Crippen LogP contribution in [0.1, 0.15) is 0 Å². The highest BCUT2D eigenvalue weighted by atomic mass is 127. The van der Waals surface area contributed by atoms with Gasteiger partial charge >= 0.3 is 0 Å². The molecule has 0 spiro atoms. The lowest BCUT2D eigenvalue weighted by Gasteiger charge is -2.15. The molecule has 1 amide bonds. The number of carbonyl (C=O) groups is 1. The van der Waals surface area contributed by atoms with Crippen molar-refractivity contribution >= 4 is 28.5 Å². The summed E-state index contributed by atoms with van der Waals surface area (Å²) in [5, 5.41) is 0. The fraction of sp³-hybridized carbons (Fsp3) is 0.400. The minimum Gasteiger partial charge on any atom is -0.492 e. The van der Waals surface area contributed by atoms with Gasteiger partial charge in [0.2, 0.25) is 5.91 Å². The van der Waals surface area contributed by atoms with Gasteiger partial charge in [-0.15, -0.1) is 0 Å². The second-order valence-corrected chi connectivity index (χ2v) is 5.95. The summed E-state index contributed by atoms with van der Waals surface area (Å²) >= 11 is 2.27. The topological polar surface area (TPSA) is 32.8 Å². The summed E-state index contributed by atoms with van der Waals surface area (Å²) in [5.41, 5.74) is 0. The van der Waals surface area contributed by atoms with Crippen LogP contribution >= 0.6 is 22.6 Å². The molecule has 110 valence electrons. The van der Waals surface area contributed by atoms with Gasteiger partial charge < -0.3 is 9.64 Å². The maximum absolute atomic E-state index is 11.3. The first-order valence-electron chi connectivity index (χ1n) is 6.44. The number of hydrogen-bond acceptors (Lipinski definition) is 3. The molecule has 0 heterocycles. The number of nitrogens with zero attached hydrogens (tertiary/aromatic N) is 2. The first kappa shape index (κ1) is 17.0. The van der Waals surface area contributed by atoms with Crippen LogP contribution in [0.15, 0.2) is 36.4 Å². The lowest BCUT2D eigenvalue weighted by atomic mass is 10.3.